The van der Waals surface area contributed by atoms with Gasteiger partial charge in [-0.25, -0.2) is 0 Å². The Balaban J connectivity index is 1.56. The van der Waals surface area contributed by atoms with Gasteiger partial charge in [-0.1, -0.05) is 44.2 Å². The highest BCUT2D eigenvalue weighted by Crippen LogP contribution is 2.33. The van der Waals surface area contributed by atoms with Gasteiger partial charge in [-0.3, -0.25) is 15.0 Å². The van der Waals surface area contributed by atoms with Crippen molar-refractivity contribution in [1.29, 1.82) is 0 Å². The number of nitrogens with one attached hydrogen (secondary N) is 2. The summed E-state index contributed by atoms with van der Waals surface area (Å²) in [6.45, 7) is 3.93. The molecule has 1 aliphatic carbocycles. The fraction of sp³-hybridized carbons (Fsp3) is 0.300. The highest BCUT2D eigenvalue weighted by Gasteiger charge is 2.27. The molecule has 5 nitrogen and oxygen atoms in total. The first kappa shape index (κ1) is 18.5. The van der Waals surface area contributed by atoms with Crippen molar-refractivity contribution < 1.29 is 14.3 Å². The van der Waals surface area contributed by atoms with Crippen molar-refractivity contribution in [1.82, 2.24) is 10.9 Å². The van der Waals surface area contributed by atoms with Gasteiger partial charge >= 0.3 is 0 Å². The molecular formula is C20H21BrN2O3. The van der Waals surface area contributed by atoms with E-state index >= 15 is 0 Å². The summed E-state index contributed by atoms with van der Waals surface area (Å²) in [6.07, 6.45) is 2.77. The Kier molecular flexibility index (Phi) is 5.32. The number of hydrazine groups is 1. The van der Waals surface area contributed by atoms with E-state index in [9.17, 15) is 9.59 Å². The molecule has 0 spiro atoms. The van der Waals surface area contributed by atoms with Crippen molar-refractivity contribution in [2.75, 3.05) is 6.61 Å². The molecule has 0 unspecified atom stereocenters. The number of hydrogen-bond acceptors (Lipinski definition) is 4. The molecule has 2 N–H and O–H groups in total. The molecule has 0 atom stereocenters. The fourth-order valence-corrected chi connectivity index (χ4v) is 3.69. The molecule has 2 aromatic rings. The third-order valence-corrected chi connectivity index (χ3v) is 5.02. The lowest BCUT2D eigenvalue weighted by Crippen LogP contribution is -2.42. The van der Waals surface area contributed by atoms with E-state index in [-0.39, 0.29) is 23.7 Å². The van der Waals surface area contributed by atoms with Gasteiger partial charge in [-0.05, 0) is 44.6 Å². The van der Waals surface area contributed by atoms with Crippen molar-refractivity contribution in [3.05, 3.63) is 52.6 Å². The average molecular weight is 417 g/mol. The number of amides is 1. The lowest BCUT2D eigenvalue weighted by Gasteiger charge is -2.29. The van der Waals surface area contributed by atoms with Crippen LogP contribution in [-0.2, 0) is 9.59 Å². The predicted molar refractivity (Wildman–Crippen MR) is 105 cm³/mol. The van der Waals surface area contributed by atoms with Crippen LogP contribution in [0.5, 0.6) is 5.75 Å². The summed E-state index contributed by atoms with van der Waals surface area (Å²) in [5.41, 5.74) is 6.03. The maximum Gasteiger partial charge on any atom is 0.276 e. The summed E-state index contributed by atoms with van der Waals surface area (Å²) in [6, 6.07) is 11.7. The second-order valence-corrected chi connectivity index (χ2v) is 8.01. The Morgan fingerprint density at radius 1 is 1.19 bits per heavy atom. The SMILES string of the molecule is CC1(C)CC(=O)C=C(NNC(=O)COc2ccc3ccccc3c2Br)C1. The number of benzene rings is 2. The van der Waals surface area contributed by atoms with Crippen LogP contribution in [0.1, 0.15) is 26.7 Å². The molecule has 26 heavy (non-hydrogen) atoms. The van der Waals surface area contributed by atoms with E-state index in [2.05, 4.69) is 26.8 Å². The first-order valence-electron chi connectivity index (χ1n) is 8.42. The van der Waals surface area contributed by atoms with Gasteiger partial charge in [0, 0.05) is 18.2 Å². The molecule has 1 amide bonds. The van der Waals surface area contributed by atoms with E-state index in [4.69, 9.17) is 4.74 Å². The molecule has 2 aromatic carbocycles. The Bertz CT molecular complexity index is 890. The van der Waals surface area contributed by atoms with E-state index < -0.39 is 0 Å². The summed E-state index contributed by atoms with van der Waals surface area (Å²) in [7, 11) is 0. The van der Waals surface area contributed by atoms with Crippen molar-refractivity contribution in [2.24, 2.45) is 5.41 Å². The quantitative estimate of drug-likeness (QED) is 0.725. The predicted octanol–water partition coefficient (Wildman–Crippen LogP) is 3.87. The van der Waals surface area contributed by atoms with E-state index in [0.717, 1.165) is 15.2 Å². The number of halogens is 1. The smallest absolute Gasteiger partial charge is 0.276 e. The number of ketones is 1. The van der Waals surface area contributed by atoms with Gasteiger partial charge in [0.05, 0.1) is 4.47 Å². The molecular weight excluding hydrogens is 396 g/mol. The van der Waals surface area contributed by atoms with Crippen molar-refractivity contribution >= 4 is 38.4 Å². The highest BCUT2D eigenvalue weighted by atomic mass is 79.9. The third-order valence-electron chi connectivity index (χ3n) is 4.21. The van der Waals surface area contributed by atoms with Crippen LogP contribution in [0.4, 0.5) is 0 Å². The van der Waals surface area contributed by atoms with Crippen LogP contribution in [0.25, 0.3) is 10.8 Å². The lowest BCUT2D eigenvalue weighted by atomic mass is 9.79. The third kappa shape index (κ3) is 4.43. The van der Waals surface area contributed by atoms with Crippen molar-refractivity contribution in [3.8, 4) is 5.75 Å². The summed E-state index contributed by atoms with van der Waals surface area (Å²) in [5, 5.41) is 2.12. The molecule has 0 aromatic heterocycles. The van der Waals surface area contributed by atoms with Gasteiger partial charge in [-0.2, -0.15) is 0 Å². The molecule has 0 radical (unpaired) electrons. The minimum atomic E-state index is -0.318. The molecule has 0 aliphatic heterocycles. The van der Waals surface area contributed by atoms with Crippen LogP contribution in [0.2, 0.25) is 0 Å². The second kappa shape index (κ2) is 7.50. The second-order valence-electron chi connectivity index (χ2n) is 7.21. The van der Waals surface area contributed by atoms with E-state index in [0.29, 0.717) is 24.3 Å². The van der Waals surface area contributed by atoms with Crippen molar-refractivity contribution in [3.63, 3.8) is 0 Å². The maximum absolute atomic E-state index is 12.1. The molecule has 0 saturated heterocycles. The number of allylic oxidation sites excluding steroid dienone is 2. The van der Waals surface area contributed by atoms with Gasteiger partial charge < -0.3 is 10.2 Å². The van der Waals surface area contributed by atoms with Crippen LogP contribution in [0, 0.1) is 5.41 Å². The number of rotatable bonds is 5. The zero-order chi connectivity index (χ0) is 18.7. The van der Waals surface area contributed by atoms with Gasteiger partial charge in [-0.15, -0.1) is 0 Å². The number of ether oxygens (including phenoxy) is 1. The van der Waals surface area contributed by atoms with Crippen LogP contribution in [0.15, 0.2) is 52.6 Å². The van der Waals surface area contributed by atoms with Crippen LogP contribution in [0.3, 0.4) is 0 Å². The van der Waals surface area contributed by atoms with E-state index in [1.54, 1.807) is 6.08 Å². The zero-order valence-corrected chi connectivity index (χ0v) is 16.4. The molecule has 0 fully saturated rings. The Hall–Kier alpha value is -2.34. The Morgan fingerprint density at radius 2 is 1.96 bits per heavy atom. The number of fused-ring (bicyclic) bond motifs is 1. The first-order valence-corrected chi connectivity index (χ1v) is 9.22. The zero-order valence-electron chi connectivity index (χ0n) is 14.8. The minimum Gasteiger partial charge on any atom is -0.483 e. The van der Waals surface area contributed by atoms with Crippen molar-refractivity contribution in [2.45, 2.75) is 26.7 Å². The molecule has 136 valence electrons. The molecule has 0 heterocycles. The molecule has 3 rings (SSSR count). The van der Waals surface area contributed by atoms with Gasteiger partial charge in [0.1, 0.15) is 5.75 Å². The summed E-state index contributed by atoms with van der Waals surface area (Å²) < 4.78 is 6.44. The average Bonchev–Trinajstić information content (AvgIpc) is 2.58. The van der Waals surface area contributed by atoms with Crippen LogP contribution >= 0.6 is 15.9 Å². The number of carbonyl (C=O) groups is 2. The molecule has 6 heteroatoms. The number of hydrogen-bond donors (Lipinski definition) is 2. The highest BCUT2D eigenvalue weighted by molar-refractivity contribution is 9.10. The monoisotopic (exact) mass is 416 g/mol. The Morgan fingerprint density at radius 3 is 2.73 bits per heavy atom. The summed E-state index contributed by atoms with van der Waals surface area (Å²) in [4.78, 5) is 23.8. The summed E-state index contributed by atoms with van der Waals surface area (Å²) >= 11 is 3.53. The lowest BCUT2D eigenvalue weighted by molar-refractivity contribution is -0.124. The molecule has 0 bridgehead atoms. The van der Waals surface area contributed by atoms with Gasteiger partial charge in [0.25, 0.3) is 5.91 Å². The summed E-state index contributed by atoms with van der Waals surface area (Å²) in [5.74, 6) is 0.350. The molecule has 0 saturated carbocycles. The topological polar surface area (TPSA) is 67.4 Å². The largest absolute Gasteiger partial charge is 0.483 e. The van der Waals surface area contributed by atoms with Gasteiger partial charge in [0.2, 0.25) is 0 Å². The van der Waals surface area contributed by atoms with E-state index in [1.165, 1.54) is 0 Å². The fourth-order valence-electron chi connectivity index (χ4n) is 3.08. The normalized spacial score (nSPS) is 16.1. The first-order chi connectivity index (χ1) is 12.3. The molecule has 1 aliphatic rings. The van der Waals surface area contributed by atoms with Crippen LogP contribution < -0.4 is 15.6 Å². The minimum absolute atomic E-state index is 0.0642. The number of carbonyl (C=O) groups excluding carboxylic acids is 2. The van der Waals surface area contributed by atoms with Gasteiger partial charge in [0.15, 0.2) is 12.4 Å². The van der Waals surface area contributed by atoms with E-state index in [1.807, 2.05) is 50.2 Å². The maximum atomic E-state index is 12.1. The standard InChI is InChI=1S/C20H21BrN2O3/c1-20(2)10-14(9-15(24)11-20)22-23-18(25)12-26-17-8-7-13-5-3-4-6-16(13)19(17)21/h3-9,22H,10-12H2,1-2H3,(H,23,25). The Labute approximate surface area is 160 Å². The van der Waals surface area contributed by atoms with Crippen LogP contribution in [-0.4, -0.2) is 18.3 Å².